The number of hydrogen-bond acceptors (Lipinski definition) is 4. The number of hydrogen-bond donors (Lipinski definition) is 2. The minimum Gasteiger partial charge on any atom is -0.490 e. The SMILES string of the molecule is I.NC(=NCc1ccc(OCCOc2ccccc2)nc1)NCC1CCC1. The van der Waals surface area contributed by atoms with Crippen molar-refractivity contribution < 1.29 is 9.47 Å². The number of aromatic nitrogens is 1. The molecule has 146 valence electrons. The van der Waals surface area contributed by atoms with Crippen LogP contribution in [0.5, 0.6) is 11.6 Å². The van der Waals surface area contributed by atoms with E-state index >= 15 is 0 Å². The zero-order valence-electron chi connectivity index (χ0n) is 15.3. The fraction of sp³-hybridized carbons (Fsp3) is 0.400. The van der Waals surface area contributed by atoms with Gasteiger partial charge in [0.2, 0.25) is 5.88 Å². The highest BCUT2D eigenvalue weighted by Gasteiger charge is 2.16. The van der Waals surface area contributed by atoms with Crippen LogP contribution in [-0.4, -0.2) is 30.7 Å². The maximum Gasteiger partial charge on any atom is 0.213 e. The zero-order chi connectivity index (χ0) is 18.0. The molecule has 0 spiro atoms. The molecule has 1 heterocycles. The Morgan fingerprint density at radius 2 is 1.89 bits per heavy atom. The lowest BCUT2D eigenvalue weighted by Crippen LogP contribution is -2.37. The van der Waals surface area contributed by atoms with E-state index in [1.807, 2.05) is 42.5 Å². The lowest BCUT2D eigenvalue weighted by Gasteiger charge is -2.25. The maximum atomic E-state index is 5.89. The second kappa shape index (κ2) is 11.6. The summed E-state index contributed by atoms with van der Waals surface area (Å²) in [5.74, 6) is 2.66. The summed E-state index contributed by atoms with van der Waals surface area (Å²) in [4.78, 5) is 8.64. The van der Waals surface area contributed by atoms with Gasteiger partial charge in [-0.05, 0) is 36.5 Å². The van der Waals surface area contributed by atoms with E-state index in [9.17, 15) is 0 Å². The van der Waals surface area contributed by atoms with E-state index < -0.39 is 0 Å². The topological polar surface area (TPSA) is 81.8 Å². The summed E-state index contributed by atoms with van der Waals surface area (Å²) in [7, 11) is 0. The average molecular weight is 482 g/mol. The Bertz CT molecular complexity index is 691. The van der Waals surface area contributed by atoms with E-state index in [0.29, 0.717) is 31.6 Å². The molecule has 1 aliphatic rings. The highest BCUT2D eigenvalue weighted by atomic mass is 127. The molecule has 0 atom stereocenters. The van der Waals surface area contributed by atoms with E-state index in [1.54, 1.807) is 6.20 Å². The van der Waals surface area contributed by atoms with Gasteiger partial charge < -0.3 is 20.5 Å². The molecular formula is C20H27IN4O2. The van der Waals surface area contributed by atoms with E-state index in [0.717, 1.165) is 23.8 Å². The van der Waals surface area contributed by atoms with Crippen molar-refractivity contribution >= 4 is 29.9 Å². The zero-order valence-corrected chi connectivity index (χ0v) is 17.7. The van der Waals surface area contributed by atoms with Crippen LogP contribution in [0.2, 0.25) is 0 Å². The normalized spacial score (nSPS) is 14.0. The van der Waals surface area contributed by atoms with Crippen LogP contribution in [0.25, 0.3) is 0 Å². The van der Waals surface area contributed by atoms with Crippen LogP contribution in [0.1, 0.15) is 24.8 Å². The predicted octanol–water partition coefficient (Wildman–Crippen LogP) is 3.36. The molecule has 2 aromatic rings. The number of rotatable bonds is 9. The Hall–Kier alpha value is -2.03. The quantitative estimate of drug-likeness (QED) is 0.248. The van der Waals surface area contributed by atoms with Crippen molar-refractivity contribution in [2.24, 2.45) is 16.6 Å². The Kier molecular flexibility index (Phi) is 9.17. The van der Waals surface area contributed by atoms with Crippen molar-refractivity contribution in [2.45, 2.75) is 25.8 Å². The third-order valence-corrected chi connectivity index (χ3v) is 4.37. The van der Waals surface area contributed by atoms with Gasteiger partial charge in [0.05, 0.1) is 6.54 Å². The molecule has 1 aromatic heterocycles. The Morgan fingerprint density at radius 3 is 2.56 bits per heavy atom. The summed E-state index contributed by atoms with van der Waals surface area (Å²) in [6.07, 6.45) is 5.68. The summed E-state index contributed by atoms with van der Waals surface area (Å²) < 4.78 is 11.2. The molecule has 0 amide bonds. The second-order valence-corrected chi connectivity index (χ2v) is 6.39. The first-order valence-corrected chi connectivity index (χ1v) is 9.09. The first kappa shape index (κ1) is 21.3. The highest BCUT2D eigenvalue weighted by molar-refractivity contribution is 14.0. The van der Waals surface area contributed by atoms with Crippen molar-refractivity contribution in [2.75, 3.05) is 19.8 Å². The molecule has 6 nitrogen and oxygen atoms in total. The Balaban J connectivity index is 0.00000261. The van der Waals surface area contributed by atoms with Crippen LogP contribution in [0.3, 0.4) is 0 Å². The van der Waals surface area contributed by atoms with Gasteiger partial charge in [0.25, 0.3) is 0 Å². The molecule has 1 saturated carbocycles. The van der Waals surface area contributed by atoms with Crippen LogP contribution < -0.4 is 20.5 Å². The lowest BCUT2D eigenvalue weighted by atomic mass is 9.85. The first-order valence-electron chi connectivity index (χ1n) is 9.09. The molecule has 0 aliphatic heterocycles. The van der Waals surface area contributed by atoms with Gasteiger partial charge in [-0.3, -0.25) is 0 Å². The van der Waals surface area contributed by atoms with Crippen LogP contribution in [-0.2, 0) is 6.54 Å². The van der Waals surface area contributed by atoms with Crippen molar-refractivity contribution in [1.82, 2.24) is 10.3 Å². The number of para-hydroxylation sites is 1. The van der Waals surface area contributed by atoms with Crippen LogP contribution in [0.4, 0.5) is 0 Å². The summed E-state index contributed by atoms with van der Waals surface area (Å²) >= 11 is 0. The Labute approximate surface area is 177 Å². The van der Waals surface area contributed by atoms with E-state index in [2.05, 4.69) is 15.3 Å². The summed E-state index contributed by atoms with van der Waals surface area (Å²) in [5.41, 5.74) is 6.88. The number of pyridine rings is 1. The highest BCUT2D eigenvalue weighted by Crippen LogP contribution is 2.24. The third kappa shape index (κ3) is 7.62. The molecule has 0 saturated heterocycles. The van der Waals surface area contributed by atoms with Crippen molar-refractivity contribution in [3.05, 3.63) is 54.2 Å². The number of nitrogens with two attached hydrogens (primary N) is 1. The standard InChI is InChI=1S/C20H26N4O2.HI/c21-20(23-13-16-5-4-6-16)24-15-17-9-10-19(22-14-17)26-12-11-25-18-7-2-1-3-8-18;/h1-3,7-10,14,16H,4-6,11-13,15H2,(H3,21,23,24);1H. The minimum absolute atomic E-state index is 0. The largest absolute Gasteiger partial charge is 0.490 e. The number of benzene rings is 1. The Morgan fingerprint density at radius 1 is 1.11 bits per heavy atom. The molecule has 1 aliphatic carbocycles. The molecule has 0 radical (unpaired) electrons. The van der Waals surface area contributed by atoms with Gasteiger partial charge in [0, 0.05) is 18.8 Å². The fourth-order valence-corrected chi connectivity index (χ4v) is 2.59. The van der Waals surface area contributed by atoms with E-state index in [1.165, 1.54) is 19.3 Å². The lowest BCUT2D eigenvalue weighted by molar-refractivity contribution is 0.212. The maximum absolute atomic E-state index is 5.89. The third-order valence-electron chi connectivity index (χ3n) is 4.37. The van der Waals surface area contributed by atoms with Crippen LogP contribution in [0, 0.1) is 5.92 Å². The van der Waals surface area contributed by atoms with Gasteiger partial charge in [-0.2, -0.15) is 0 Å². The van der Waals surface area contributed by atoms with Gasteiger partial charge >= 0.3 is 0 Å². The monoisotopic (exact) mass is 482 g/mol. The van der Waals surface area contributed by atoms with Crippen LogP contribution in [0.15, 0.2) is 53.7 Å². The molecule has 0 unspecified atom stereocenters. The first-order chi connectivity index (χ1) is 12.8. The van der Waals surface area contributed by atoms with Gasteiger partial charge in [0.1, 0.15) is 19.0 Å². The number of aliphatic imine (C=N–C) groups is 1. The molecule has 0 bridgehead atoms. The summed E-state index contributed by atoms with van der Waals surface area (Å²) in [6, 6.07) is 13.5. The van der Waals surface area contributed by atoms with E-state index in [-0.39, 0.29) is 24.0 Å². The van der Waals surface area contributed by atoms with Gasteiger partial charge in [0.15, 0.2) is 5.96 Å². The van der Waals surface area contributed by atoms with Crippen LogP contribution >= 0.6 is 24.0 Å². The molecule has 7 heteroatoms. The van der Waals surface area contributed by atoms with E-state index in [4.69, 9.17) is 15.2 Å². The summed E-state index contributed by atoms with van der Waals surface area (Å²) in [5, 5.41) is 3.18. The minimum atomic E-state index is 0. The number of halogens is 1. The van der Waals surface area contributed by atoms with Crippen molar-refractivity contribution in [3.63, 3.8) is 0 Å². The number of nitrogens with zero attached hydrogens (tertiary/aromatic N) is 2. The fourth-order valence-electron chi connectivity index (χ4n) is 2.59. The van der Waals surface area contributed by atoms with Crippen molar-refractivity contribution in [1.29, 1.82) is 0 Å². The molecule has 1 aromatic carbocycles. The summed E-state index contributed by atoms with van der Waals surface area (Å²) in [6.45, 7) is 2.34. The molecule has 3 rings (SSSR count). The number of guanidine groups is 1. The van der Waals surface area contributed by atoms with Gasteiger partial charge in [-0.1, -0.05) is 30.7 Å². The number of nitrogens with one attached hydrogen (secondary N) is 1. The molecule has 1 fully saturated rings. The predicted molar refractivity (Wildman–Crippen MR) is 118 cm³/mol. The van der Waals surface area contributed by atoms with Crippen molar-refractivity contribution in [3.8, 4) is 11.6 Å². The average Bonchev–Trinajstić information content (AvgIpc) is 2.64. The second-order valence-electron chi connectivity index (χ2n) is 6.39. The van der Waals surface area contributed by atoms with Gasteiger partial charge in [-0.25, -0.2) is 9.98 Å². The molecular weight excluding hydrogens is 455 g/mol. The van der Waals surface area contributed by atoms with Gasteiger partial charge in [-0.15, -0.1) is 24.0 Å². The molecule has 3 N–H and O–H groups in total. The molecule has 27 heavy (non-hydrogen) atoms. The number of ether oxygens (including phenoxy) is 2. The smallest absolute Gasteiger partial charge is 0.213 e.